The first-order valence-corrected chi connectivity index (χ1v) is 12.7. The van der Waals surface area contributed by atoms with Gasteiger partial charge in [-0.05, 0) is 62.0 Å². The second kappa shape index (κ2) is 9.00. The molecule has 9 heteroatoms. The normalized spacial score (nSPS) is 40.1. The minimum absolute atomic E-state index is 0.0945. The Balaban J connectivity index is 1.37. The highest BCUT2D eigenvalue weighted by Crippen LogP contribution is 2.75. The van der Waals surface area contributed by atoms with E-state index in [1.165, 1.54) is 12.8 Å². The summed E-state index contributed by atoms with van der Waals surface area (Å²) in [6.07, 6.45) is 8.10. The number of carbonyl (C=O) groups is 1. The number of alkyl halides is 1. The number of allylic oxidation sites excluding steroid dienone is 1. The molecular weight excluding hydrogens is 421 g/mol. The van der Waals surface area contributed by atoms with E-state index in [1.54, 1.807) is 6.21 Å². The van der Waals surface area contributed by atoms with Crippen LogP contribution in [0.15, 0.2) is 16.3 Å². The highest BCUT2D eigenvalue weighted by atomic mass is 19.1. The fraction of sp³-hybridized carbons (Fsp3) is 0.833. The minimum Gasteiger partial charge on any atom is -0.324 e. The van der Waals surface area contributed by atoms with Gasteiger partial charge in [0.25, 0.3) is 0 Å². The summed E-state index contributed by atoms with van der Waals surface area (Å²) in [4.78, 5) is 20.3. The number of nitrogens with one attached hydrogen (secondary N) is 3. The lowest BCUT2D eigenvalue weighted by atomic mass is 9.71. The van der Waals surface area contributed by atoms with E-state index in [4.69, 9.17) is 11.5 Å². The van der Waals surface area contributed by atoms with Crippen LogP contribution >= 0.6 is 0 Å². The maximum Gasteiger partial charge on any atom is 0.232 e. The van der Waals surface area contributed by atoms with Gasteiger partial charge >= 0.3 is 0 Å². The zero-order valence-electron chi connectivity index (χ0n) is 19.8. The Morgan fingerprint density at radius 2 is 2.03 bits per heavy atom. The predicted molar refractivity (Wildman–Crippen MR) is 127 cm³/mol. The molecule has 6 atom stereocenters. The van der Waals surface area contributed by atoms with Gasteiger partial charge in [-0.2, -0.15) is 0 Å². The van der Waals surface area contributed by atoms with Gasteiger partial charge in [0.2, 0.25) is 5.91 Å². The zero-order chi connectivity index (χ0) is 23.2. The summed E-state index contributed by atoms with van der Waals surface area (Å²) >= 11 is 0. The van der Waals surface area contributed by atoms with Gasteiger partial charge < -0.3 is 22.1 Å². The lowest BCUT2D eigenvalue weighted by molar-refractivity contribution is -0.126. The fourth-order valence-electron chi connectivity index (χ4n) is 7.39. The minimum atomic E-state index is -0.894. The van der Waals surface area contributed by atoms with Crippen molar-refractivity contribution in [2.75, 3.05) is 33.2 Å². The van der Waals surface area contributed by atoms with E-state index in [9.17, 15) is 9.18 Å². The van der Waals surface area contributed by atoms with Gasteiger partial charge in [-0.1, -0.05) is 12.8 Å². The molecular formula is C24H40FN7O. The van der Waals surface area contributed by atoms with Gasteiger partial charge in [-0.3, -0.25) is 20.0 Å². The molecule has 2 saturated heterocycles. The third-order valence-electron chi connectivity index (χ3n) is 9.12. The fourth-order valence-corrected chi connectivity index (χ4v) is 7.39. The number of aliphatic imine (C=N–C) groups is 1. The molecule has 3 aliphatic heterocycles. The van der Waals surface area contributed by atoms with Crippen molar-refractivity contribution < 1.29 is 9.18 Å². The lowest BCUT2D eigenvalue weighted by Gasteiger charge is -2.40. The van der Waals surface area contributed by atoms with Crippen molar-refractivity contribution in [3.63, 3.8) is 0 Å². The molecule has 0 aromatic carbocycles. The van der Waals surface area contributed by atoms with E-state index >= 15 is 0 Å². The van der Waals surface area contributed by atoms with Gasteiger partial charge in [0, 0.05) is 38.4 Å². The molecule has 2 aliphatic carbocycles. The van der Waals surface area contributed by atoms with Crippen molar-refractivity contribution in [1.29, 1.82) is 0 Å². The molecule has 2 saturated carbocycles. The topological polar surface area (TPSA) is 121 Å². The van der Waals surface area contributed by atoms with Crippen LogP contribution in [-0.2, 0) is 4.79 Å². The number of hydrogen-bond acceptors (Lipinski definition) is 7. The number of dihydropyridines is 1. The Hall–Kier alpha value is -1.39. The van der Waals surface area contributed by atoms with Crippen LogP contribution in [-0.4, -0.2) is 74.8 Å². The van der Waals surface area contributed by atoms with Crippen LogP contribution in [0.4, 0.5) is 4.39 Å². The number of carbonyl (C=O) groups excluding carboxylic acids is 1. The number of rotatable bonds is 5. The van der Waals surface area contributed by atoms with Crippen LogP contribution < -0.4 is 27.4 Å². The summed E-state index contributed by atoms with van der Waals surface area (Å²) in [6.45, 7) is 2.85. The van der Waals surface area contributed by atoms with E-state index in [-0.39, 0.29) is 35.5 Å². The Labute approximate surface area is 196 Å². The average molecular weight is 462 g/mol. The molecule has 1 amide bonds. The molecule has 7 N–H and O–H groups in total. The average Bonchev–Trinajstić information content (AvgIpc) is 3.19. The first-order valence-electron chi connectivity index (χ1n) is 12.7. The summed E-state index contributed by atoms with van der Waals surface area (Å²) in [5.74, 6) is -0.832. The molecule has 0 aromatic heterocycles. The molecule has 8 nitrogen and oxygen atoms in total. The smallest absolute Gasteiger partial charge is 0.232 e. The Morgan fingerprint density at radius 3 is 2.73 bits per heavy atom. The summed E-state index contributed by atoms with van der Waals surface area (Å²) in [5.41, 5.74) is 14.6. The molecule has 0 spiro atoms. The number of amides is 1. The van der Waals surface area contributed by atoms with E-state index in [2.05, 4.69) is 32.9 Å². The molecule has 5 rings (SSSR count). The molecule has 4 fully saturated rings. The van der Waals surface area contributed by atoms with Crippen molar-refractivity contribution in [1.82, 2.24) is 20.9 Å². The van der Waals surface area contributed by atoms with Crippen LogP contribution in [0.2, 0.25) is 0 Å². The molecule has 0 radical (unpaired) electrons. The predicted octanol–water partition coefficient (Wildman–Crippen LogP) is 0.593. The molecule has 33 heavy (non-hydrogen) atoms. The summed E-state index contributed by atoms with van der Waals surface area (Å²) in [6, 6.07) is -0.236. The Kier molecular flexibility index (Phi) is 6.37. The second-order valence-electron chi connectivity index (χ2n) is 11.1. The van der Waals surface area contributed by atoms with Crippen LogP contribution in [0.25, 0.3) is 0 Å². The first kappa shape index (κ1) is 23.4. The van der Waals surface area contributed by atoms with Gasteiger partial charge in [0.1, 0.15) is 6.17 Å². The molecule has 184 valence electrons. The van der Waals surface area contributed by atoms with Crippen molar-refractivity contribution in [3.05, 3.63) is 11.3 Å². The highest BCUT2D eigenvalue weighted by molar-refractivity contribution is 5.91. The summed E-state index contributed by atoms with van der Waals surface area (Å²) in [7, 11) is 2.08. The number of likely N-dealkylation sites (N-methyl/N-ethyl adjacent to an activating group) is 1. The van der Waals surface area contributed by atoms with Crippen LogP contribution in [0.1, 0.15) is 51.4 Å². The first-order chi connectivity index (χ1) is 15.8. The monoisotopic (exact) mass is 461 g/mol. The van der Waals surface area contributed by atoms with E-state index in [0.717, 1.165) is 56.5 Å². The summed E-state index contributed by atoms with van der Waals surface area (Å²) in [5, 5.41) is 9.99. The maximum atomic E-state index is 14.9. The third-order valence-corrected chi connectivity index (χ3v) is 9.12. The standard InChI is InChI=1S/C24H40FN7O/c1-32-9-8-29-21(32)16-4-7-28-13-18(16)31-22(33)19(20(26)27)17-11-24-6-3-2-5-23(24,14-24)10-15(25)12-30-17/h13,15,17,19-21,29-30H,2-12,14,26-27H2,1H3,(H,31,33). The highest BCUT2D eigenvalue weighted by Gasteiger charge is 2.68. The maximum absolute atomic E-state index is 14.9. The van der Waals surface area contributed by atoms with E-state index in [0.29, 0.717) is 13.0 Å². The van der Waals surface area contributed by atoms with Crippen molar-refractivity contribution in [2.45, 2.75) is 75.9 Å². The van der Waals surface area contributed by atoms with E-state index in [1.807, 2.05) is 0 Å². The lowest BCUT2D eigenvalue weighted by Crippen LogP contribution is -2.58. The quantitative estimate of drug-likeness (QED) is 0.382. The zero-order valence-corrected chi connectivity index (χ0v) is 19.8. The number of halogens is 1. The van der Waals surface area contributed by atoms with Crippen LogP contribution in [0.5, 0.6) is 0 Å². The van der Waals surface area contributed by atoms with E-state index < -0.39 is 18.3 Å². The van der Waals surface area contributed by atoms with Gasteiger partial charge in [0.15, 0.2) is 0 Å². The van der Waals surface area contributed by atoms with Crippen molar-refractivity contribution >= 4 is 12.1 Å². The van der Waals surface area contributed by atoms with Crippen LogP contribution in [0.3, 0.4) is 0 Å². The van der Waals surface area contributed by atoms with Gasteiger partial charge in [-0.15, -0.1) is 0 Å². The number of hydrogen-bond donors (Lipinski definition) is 5. The second-order valence-corrected chi connectivity index (χ2v) is 11.1. The Bertz CT molecular complexity index is 832. The van der Waals surface area contributed by atoms with Crippen molar-refractivity contribution in [2.24, 2.45) is 33.2 Å². The summed E-state index contributed by atoms with van der Waals surface area (Å²) < 4.78 is 14.9. The van der Waals surface area contributed by atoms with Crippen LogP contribution in [0, 0.1) is 16.7 Å². The molecule has 3 heterocycles. The number of nitrogens with zero attached hydrogens (tertiary/aromatic N) is 2. The van der Waals surface area contributed by atoms with Crippen molar-refractivity contribution in [3.8, 4) is 0 Å². The Morgan fingerprint density at radius 1 is 1.27 bits per heavy atom. The SMILES string of the molecule is CN1CCNC1C1=C(NC(=O)C(C(N)N)C2CC34CCCCC3(CC(F)CN2)C4)C=NCC1. The largest absolute Gasteiger partial charge is 0.324 e. The molecule has 6 unspecified atom stereocenters. The van der Waals surface area contributed by atoms with Gasteiger partial charge in [-0.25, -0.2) is 4.39 Å². The molecule has 0 bridgehead atoms. The molecule has 0 aromatic rings. The third kappa shape index (κ3) is 4.27. The molecule has 5 aliphatic rings. The number of nitrogens with two attached hydrogens (primary N) is 2. The van der Waals surface area contributed by atoms with Gasteiger partial charge in [0.05, 0.1) is 23.9 Å².